The van der Waals surface area contributed by atoms with Crippen LogP contribution in [0.5, 0.6) is 0 Å². The first-order valence-electron chi connectivity index (χ1n) is 5.23. The van der Waals surface area contributed by atoms with Crippen LogP contribution in [0, 0.1) is 6.92 Å². The molecular formula is C12H9ClF3NO2. The maximum atomic E-state index is 12.8. The van der Waals surface area contributed by atoms with Crippen LogP contribution in [-0.2, 0) is 10.9 Å². The second-order valence-electron chi connectivity index (χ2n) is 3.96. The van der Waals surface area contributed by atoms with Crippen LogP contribution in [-0.4, -0.2) is 17.5 Å². The molecule has 0 aliphatic heterocycles. The number of pyridine rings is 1. The topological polar surface area (TPSA) is 30.7 Å². The van der Waals surface area contributed by atoms with Crippen LogP contribution in [0.25, 0.3) is 5.52 Å². The lowest BCUT2D eigenvalue weighted by Gasteiger charge is -2.07. The highest BCUT2D eigenvalue weighted by Crippen LogP contribution is 2.35. The second-order valence-corrected chi connectivity index (χ2v) is 4.35. The largest absolute Gasteiger partial charge is 0.465 e. The van der Waals surface area contributed by atoms with Gasteiger partial charge in [0.2, 0.25) is 0 Å². The van der Waals surface area contributed by atoms with Crippen LogP contribution >= 0.6 is 11.6 Å². The molecule has 0 amide bonds. The van der Waals surface area contributed by atoms with Gasteiger partial charge in [0.1, 0.15) is 5.15 Å². The molecule has 0 fully saturated rings. The highest BCUT2D eigenvalue weighted by molar-refractivity contribution is 6.30. The zero-order valence-corrected chi connectivity index (χ0v) is 10.8. The van der Waals surface area contributed by atoms with Crippen molar-refractivity contribution in [2.75, 3.05) is 7.11 Å². The van der Waals surface area contributed by atoms with Crippen molar-refractivity contribution < 1.29 is 22.7 Å². The molecule has 102 valence electrons. The third-order valence-electron chi connectivity index (χ3n) is 2.79. The zero-order chi connectivity index (χ0) is 14.4. The van der Waals surface area contributed by atoms with Crippen molar-refractivity contribution in [3.63, 3.8) is 0 Å². The molecular weight excluding hydrogens is 283 g/mol. The summed E-state index contributed by atoms with van der Waals surface area (Å²) in [6.07, 6.45) is -4.47. The van der Waals surface area contributed by atoms with Gasteiger partial charge in [-0.3, -0.25) is 0 Å². The van der Waals surface area contributed by atoms with Crippen molar-refractivity contribution in [2.24, 2.45) is 0 Å². The predicted octanol–water partition coefficient (Wildman–Crippen LogP) is 3.71. The van der Waals surface area contributed by atoms with Crippen molar-refractivity contribution in [1.29, 1.82) is 0 Å². The summed E-state index contributed by atoms with van der Waals surface area (Å²) in [7, 11) is 1.19. The third-order valence-corrected chi connectivity index (χ3v) is 3.07. The van der Waals surface area contributed by atoms with Crippen LogP contribution in [0.3, 0.4) is 0 Å². The van der Waals surface area contributed by atoms with Crippen molar-refractivity contribution in [3.05, 3.63) is 40.2 Å². The number of esters is 1. The Labute approximate surface area is 111 Å². The number of methoxy groups -OCH3 is 1. The van der Waals surface area contributed by atoms with Crippen LogP contribution in [0.2, 0.25) is 5.15 Å². The molecule has 0 radical (unpaired) electrons. The Kier molecular flexibility index (Phi) is 3.22. The number of fused-ring (bicyclic) bond motifs is 1. The Hall–Kier alpha value is -1.69. The maximum absolute atomic E-state index is 12.8. The molecule has 7 heteroatoms. The first-order chi connectivity index (χ1) is 8.75. The molecule has 2 aromatic heterocycles. The van der Waals surface area contributed by atoms with E-state index in [1.807, 2.05) is 0 Å². The number of carbonyl (C=O) groups is 1. The van der Waals surface area contributed by atoms with E-state index in [0.717, 1.165) is 6.07 Å². The Bertz CT molecular complexity index is 661. The van der Waals surface area contributed by atoms with Crippen LogP contribution < -0.4 is 0 Å². The Morgan fingerprint density at radius 2 is 1.95 bits per heavy atom. The number of carbonyl (C=O) groups excluding carboxylic acids is 1. The molecule has 0 aliphatic carbocycles. The van der Waals surface area contributed by atoms with Gasteiger partial charge < -0.3 is 9.14 Å². The normalized spacial score (nSPS) is 11.9. The number of nitrogens with zero attached hydrogens (tertiary/aromatic N) is 1. The zero-order valence-electron chi connectivity index (χ0n) is 10.0. The van der Waals surface area contributed by atoms with Crippen molar-refractivity contribution >= 4 is 23.1 Å². The van der Waals surface area contributed by atoms with Gasteiger partial charge in [-0.05, 0) is 25.1 Å². The summed E-state index contributed by atoms with van der Waals surface area (Å²) in [4.78, 5) is 11.4. The van der Waals surface area contributed by atoms with Gasteiger partial charge in [-0.2, -0.15) is 13.2 Å². The van der Waals surface area contributed by atoms with Crippen molar-refractivity contribution in [2.45, 2.75) is 13.1 Å². The minimum Gasteiger partial charge on any atom is -0.465 e. The second kappa shape index (κ2) is 4.45. The van der Waals surface area contributed by atoms with Crippen molar-refractivity contribution in [3.8, 4) is 0 Å². The third kappa shape index (κ3) is 2.28. The number of halogens is 4. The SMILES string of the molecule is COC(=O)c1cc(Cl)n2c(C)c(C(F)(F)F)cc2c1. The molecule has 2 aromatic rings. The fraction of sp³-hybridized carbons (Fsp3) is 0.250. The van der Waals surface area contributed by atoms with E-state index in [4.69, 9.17) is 11.6 Å². The lowest BCUT2D eigenvalue weighted by atomic mass is 10.2. The monoisotopic (exact) mass is 291 g/mol. The van der Waals surface area contributed by atoms with Gasteiger partial charge in [0.25, 0.3) is 0 Å². The Balaban J connectivity index is 2.74. The first kappa shape index (κ1) is 13.7. The maximum Gasteiger partial charge on any atom is 0.418 e. The van der Waals surface area contributed by atoms with Gasteiger partial charge in [0.15, 0.2) is 0 Å². The quantitative estimate of drug-likeness (QED) is 0.592. The van der Waals surface area contributed by atoms with E-state index < -0.39 is 17.7 Å². The Morgan fingerprint density at radius 1 is 1.32 bits per heavy atom. The lowest BCUT2D eigenvalue weighted by molar-refractivity contribution is -0.137. The molecule has 2 heterocycles. The predicted molar refractivity (Wildman–Crippen MR) is 63.5 cm³/mol. The summed E-state index contributed by atoms with van der Waals surface area (Å²) >= 11 is 5.92. The number of alkyl halides is 3. The molecule has 0 saturated carbocycles. The molecule has 2 rings (SSSR count). The summed E-state index contributed by atoms with van der Waals surface area (Å²) in [6, 6.07) is 3.53. The molecule has 0 unspecified atom stereocenters. The van der Waals surface area contributed by atoms with Gasteiger partial charge in [0.05, 0.1) is 18.2 Å². The fourth-order valence-electron chi connectivity index (χ4n) is 1.94. The van der Waals surface area contributed by atoms with Gasteiger partial charge in [-0.15, -0.1) is 0 Å². The van der Waals surface area contributed by atoms with E-state index in [-0.39, 0.29) is 21.9 Å². The average molecular weight is 292 g/mol. The molecule has 3 nitrogen and oxygen atoms in total. The molecule has 0 aromatic carbocycles. The standard InChI is InChI=1S/C12H9ClF3NO2/c1-6-9(12(14,15)16)5-8-3-7(11(18)19-2)4-10(13)17(6)8/h3-5H,1-2H3. The molecule has 0 aliphatic rings. The van der Waals surface area contributed by atoms with Gasteiger partial charge >= 0.3 is 12.1 Å². The van der Waals surface area contributed by atoms with Crippen LogP contribution in [0.4, 0.5) is 13.2 Å². The van der Waals surface area contributed by atoms with E-state index in [9.17, 15) is 18.0 Å². The molecule has 19 heavy (non-hydrogen) atoms. The van der Waals surface area contributed by atoms with E-state index in [0.29, 0.717) is 0 Å². The van der Waals surface area contributed by atoms with Crippen LogP contribution in [0.15, 0.2) is 18.2 Å². The van der Waals surface area contributed by atoms with E-state index in [1.165, 1.54) is 30.6 Å². The first-order valence-corrected chi connectivity index (χ1v) is 5.60. The number of aryl methyl sites for hydroxylation is 1. The van der Waals surface area contributed by atoms with Crippen molar-refractivity contribution in [1.82, 2.24) is 4.40 Å². The van der Waals surface area contributed by atoms with Gasteiger partial charge in [-0.25, -0.2) is 4.79 Å². The number of rotatable bonds is 1. The highest BCUT2D eigenvalue weighted by Gasteiger charge is 2.34. The number of hydrogen-bond donors (Lipinski definition) is 0. The van der Waals surface area contributed by atoms with E-state index in [2.05, 4.69) is 4.74 Å². The number of ether oxygens (including phenoxy) is 1. The summed E-state index contributed by atoms with van der Waals surface area (Å²) in [5.41, 5.74) is -0.510. The highest BCUT2D eigenvalue weighted by atomic mass is 35.5. The molecule has 0 spiro atoms. The minimum atomic E-state index is -4.47. The molecule has 0 bridgehead atoms. The van der Waals surface area contributed by atoms with E-state index in [1.54, 1.807) is 0 Å². The number of hydrogen-bond acceptors (Lipinski definition) is 2. The summed E-state index contributed by atoms with van der Waals surface area (Å²) in [6.45, 7) is 1.32. The van der Waals surface area contributed by atoms with Crippen LogP contribution in [0.1, 0.15) is 21.6 Å². The molecule has 0 atom stereocenters. The molecule has 0 N–H and O–H groups in total. The van der Waals surface area contributed by atoms with E-state index >= 15 is 0 Å². The molecule has 0 saturated heterocycles. The summed E-state index contributed by atoms with van der Waals surface area (Å²) in [5, 5.41) is 0.0194. The van der Waals surface area contributed by atoms with Gasteiger partial charge in [-0.1, -0.05) is 11.6 Å². The van der Waals surface area contributed by atoms with Gasteiger partial charge in [0, 0.05) is 11.2 Å². The fourth-order valence-corrected chi connectivity index (χ4v) is 2.28. The average Bonchev–Trinajstić information content (AvgIpc) is 2.65. The lowest BCUT2D eigenvalue weighted by Crippen LogP contribution is -2.06. The minimum absolute atomic E-state index is 0.0194. The number of aromatic nitrogens is 1. The summed E-state index contributed by atoms with van der Waals surface area (Å²) in [5.74, 6) is -0.656. The Morgan fingerprint density at radius 3 is 2.47 bits per heavy atom. The smallest absolute Gasteiger partial charge is 0.418 e. The summed E-state index contributed by atoms with van der Waals surface area (Å²) < 4.78 is 44.1.